The number of hydrogen-bond donors (Lipinski definition) is 1. The lowest BCUT2D eigenvalue weighted by Crippen LogP contribution is -2.42. The van der Waals surface area contributed by atoms with Gasteiger partial charge in [-0.1, -0.05) is 20.8 Å². The van der Waals surface area contributed by atoms with Gasteiger partial charge < -0.3 is 5.32 Å². The summed E-state index contributed by atoms with van der Waals surface area (Å²) in [5, 5.41) is 7.39. The van der Waals surface area contributed by atoms with Gasteiger partial charge in [0.1, 0.15) is 0 Å². The number of alkyl halides is 3. The fourth-order valence-corrected chi connectivity index (χ4v) is 3.24. The number of nitrogens with one attached hydrogen (secondary N) is 1. The molecule has 1 aromatic heterocycles. The molecule has 0 amide bonds. The molecule has 3 unspecified atom stereocenters. The molecule has 0 bridgehead atoms. The molecule has 0 aromatic carbocycles. The number of halogens is 3. The van der Waals surface area contributed by atoms with E-state index in [1.165, 1.54) is 4.68 Å². The molecule has 21 heavy (non-hydrogen) atoms. The van der Waals surface area contributed by atoms with Crippen LogP contribution in [0.2, 0.25) is 0 Å². The minimum atomic E-state index is -4.32. The van der Waals surface area contributed by atoms with Crippen molar-refractivity contribution in [1.29, 1.82) is 0 Å². The van der Waals surface area contributed by atoms with Crippen molar-refractivity contribution in [3.05, 3.63) is 18.0 Å². The first-order valence-corrected chi connectivity index (χ1v) is 7.67. The van der Waals surface area contributed by atoms with Crippen LogP contribution in [0.3, 0.4) is 0 Å². The monoisotopic (exact) mass is 303 g/mol. The van der Waals surface area contributed by atoms with Gasteiger partial charge in [-0.25, -0.2) is 0 Å². The molecule has 1 N–H and O–H groups in total. The summed E-state index contributed by atoms with van der Waals surface area (Å²) < 4.78 is 39.8. The maximum atomic E-state index is 12.7. The van der Waals surface area contributed by atoms with E-state index in [4.69, 9.17) is 0 Å². The molecule has 0 saturated heterocycles. The van der Waals surface area contributed by atoms with Crippen LogP contribution in [0.15, 0.2) is 12.4 Å². The molecule has 3 atom stereocenters. The number of aromatic nitrogens is 2. The molecule has 1 aromatic rings. The average molecular weight is 303 g/mol. The van der Waals surface area contributed by atoms with Gasteiger partial charge in [0.05, 0.1) is 17.8 Å². The third-order valence-corrected chi connectivity index (χ3v) is 4.53. The highest BCUT2D eigenvalue weighted by Crippen LogP contribution is 2.37. The Balaban J connectivity index is 2.20. The van der Waals surface area contributed by atoms with Gasteiger partial charge in [-0.05, 0) is 37.6 Å². The predicted molar refractivity (Wildman–Crippen MR) is 75.9 cm³/mol. The lowest BCUT2D eigenvalue weighted by molar-refractivity contribution is -0.137. The molecule has 0 spiro atoms. The molecule has 3 nitrogen and oxygen atoms in total. The standard InChI is InChI=1S/C15H24F3N3/c1-4-19-13-6-5-11(10(2)3)7-14(13)21-9-12(8-20-21)15(16,17)18/h8-11,13-14,19H,4-7H2,1-3H3. The highest BCUT2D eigenvalue weighted by molar-refractivity contribution is 5.09. The molecule has 1 saturated carbocycles. The highest BCUT2D eigenvalue weighted by atomic mass is 19.4. The summed E-state index contributed by atoms with van der Waals surface area (Å²) in [6.45, 7) is 7.20. The van der Waals surface area contributed by atoms with E-state index in [0.717, 1.165) is 38.2 Å². The number of nitrogens with zero attached hydrogens (tertiary/aromatic N) is 2. The first-order valence-electron chi connectivity index (χ1n) is 7.67. The second-order valence-corrected chi connectivity index (χ2v) is 6.26. The van der Waals surface area contributed by atoms with E-state index in [-0.39, 0.29) is 12.1 Å². The first-order chi connectivity index (χ1) is 9.82. The molecule has 1 fully saturated rings. The summed E-state index contributed by atoms with van der Waals surface area (Å²) in [5.41, 5.74) is -0.663. The fourth-order valence-electron chi connectivity index (χ4n) is 3.24. The van der Waals surface area contributed by atoms with Gasteiger partial charge in [-0.2, -0.15) is 18.3 Å². The summed E-state index contributed by atoms with van der Waals surface area (Å²) in [7, 11) is 0. The SMILES string of the molecule is CCNC1CCC(C(C)C)CC1n1cc(C(F)(F)F)cn1. The third-order valence-electron chi connectivity index (χ3n) is 4.53. The Hall–Kier alpha value is -1.04. The Morgan fingerprint density at radius 2 is 2.10 bits per heavy atom. The van der Waals surface area contributed by atoms with Crippen LogP contribution < -0.4 is 5.32 Å². The van der Waals surface area contributed by atoms with Gasteiger partial charge >= 0.3 is 6.18 Å². The van der Waals surface area contributed by atoms with Crippen LogP contribution >= 0.6 is 0 Å². The normalized spacial score (nSPS) is 27.3. The van der Waals surface area contributed by atoms with Crippen molar-refractivity contribution in [2.24, 2.45) is 11.8 Å². The van der Waals surface area contributed by atoms with Gasteiger partial charge in [0.15, 0.2) is 0 Å². The van der Waals surface area contributed by atoms with E-state index in [1.54, 1.807) is 0 Å². The van der Waals surface area contributed by atoms with Gasteiger partial charge in [0.2, 0.25) is 0 Å². The van der Waals surface area contributed by atoms with Gasteiger partial charge in [-0.3, -0.25) is 4.68 Å². The fraction of sp³-hybridized carbons (Fsp3) is 0.800. The summed E-state index contributed by atoms with van der Waals surface area (Å²) in [5.74, 6) is 1.09. The Morgan fingerprint density at radius 3 is 2.62 bits per heavy atom. The van der Waals surface area contributed by atoms with Crippen LogP contribution in [0, 0.1) is 11.8 Å². The van der Waals surface area contributed by atoms with Crippen LogP contribution in [0.5, 0.6) is 0 Å². The van der Waals surface area contributed by atoms with E-state index in [9.17, 15) is 13.2 Å². The third kappa shape index (κ3) is 3.78. The minimum Gasteiger partial charge on any atom is -0.312 e. The Bertz CT molecular complexity index is 453. The van der Waals surface area contributed by atoms with E-state index >= 15 is 0 Å². The molecule has 120 valence electrons. The molecular weight excluding hydrogens is 279 g/mol. The predicted octanol–water partition coefficient (Wildman–Crippen LogP) is 3.88. The van der Waals surface area contributed by atoms with E-state index in [2.05, 4.69) is 24.3 Å². The van der Waals surface area contributed by atoms with Crippen molar-refractivity contribution in [1.82, 2.24) is 15.1 Å². The Kier molecular flexibility index (Phi) is 4.96. The van der Waals surface area contributed by atoms with Crippen LogP contribution in [0.25, 0.3) is 0 Å². The minimum absolute atomic E-state index is 0.00204. The number of rotatable bonds is 4. The van der Waals surface area contributed by atoms with E-state index < -0.39 is 11.7 Å². The maximum absolute atomic E-state index is 12.7. The summed E-state index contributed by atoms with van der Waals surface area (Å²) in [6.07, 6.45) is 0.758. The summed E-state index contributed by atoms with van der Waals surface area (Å²) in [6, 6.07) is 0.202. The second kappa shape index (κ2) is 6.38. The maximum Gasteiger partial charge on any atom is 0.419 e. The van der Waals surface area contributed by atoms with Crippen molar-refractivity contribution >= 4 is 0 Å². The first kappa shape index (κ1) is 16.3. The lowest BCUT2D eigenvalue weighted by Gasteiger charge is -2.38. The Morgan fingerprint density at radius 1 is 1.38 bits per heavy atom. The van der Waals surface area contributed by atoms with E-state index in [1.807, 2.05) is 6.92 Å². The molecule has 2 rings (SSSR count). The van der Waals surface area contributed by atoms with Crippen LogP contribution in [-0.4, -0.2) is 22.4 Å². The summed E-state index contributed by atoms with van der Waals surface area (Å²) in [4.78, 5) is 0. The molecule has 0 aliphatic heterocycles. The zero-order valence-electron chi connectivity index (χ0n) is 12.8. The molecule has 6 heteroatoms. The zero-order valence-corrected chi connectivity index (χ0v) is 12.8. The number of likely N-dealkylation sites (N-methyl/N-ethyl adjacent to an activating group) is 1. The molecule has 1 aliphatic carbocycles. The van der Waals surface area contributed by atoms with Crippen molar-refractivity contribution in [2.75, 3.05) is 6.54 Å². The van der Waals surface area contributed by atoms with Crippen LogP contribution in [0.1, 0.15) is 51.6 Å². The molecular formula is C15H24F3N3. The van der Waals surface area contributed by atoms with Crippen molar-refractivity contribution in [3.8, 4) is 0 Å². The molecule has 1 aliphatic rings. The highest BCUT2D eigenvalue weighted by Gasteiger charge is 2.36. The lowest BCUT2D eigenvalue weighted by atomic mass is 9.77. The van der Waals surface area contributed by atoms with Crippen LogP contribution in [0.4, 0.5) is 13.2 Å². The summed E-state index contributed by atoms with van der Waals surface area (Å²) >= 11 is 0. The van der Waals surface area contributed by atoms with Gasteiger partial charge in [-0.15, -0.1) is 0 Å². The quantitative estimate of drug-likeness (QED) is 0.915. The van der Waals surface area contributed by atoms with Crippen molar-refractivity contribution < 1.29 is 13.2 Å². The zero-order chi connectivity index (χ0) is 15.6. The van der Waals surface area contributed by atoms with Crippen LogP contribution in [-0.2, 0) is 6.18 Å². The average Bonchev–Trinajstić information content (AvgIpc) is 2.88. The van der Waals surface area contributed by atoms with Crippen molar-refractivity contribution in [3.63, 3.8) is 0 Å². The second-order valence-electron chi connectivity index (χ2n) is 6.26. The smallest absolute Gasteiger partial charge is 0.312 e. The number of hydrogen-bond acceptors (Lipinski definition) is 2. The van der Waals surface area contributed by atoms with Gasteiger partial charge in [0, 0.05) is 12.2 Å². The largest absolute Gasteiger partial charge is 0.419 e. The molecule has 1 heterocycles. The van der Waals surface area contributed by atoms with E-state index in [0.29, 0.717) is 11.8 Å². The Labute approximate surface area is 123 Å². The van der Waals surface area contributed by atoms with Crippen molar-refractivity contribution in [2.45, 2.75) is 58.3 Å². The topological polar surface area (TPSA) is 29.9 Å². The van der Waals surface area contributed by atoms with Gasteiger partial charge in [0.25, 0.3) is 0 Å². The molecule has 0 radical (unpaired) electrons.